The highest BCUT2D eigenvalue weighted by atomic mass is 32.2. The van der Waals surface area contributed by atoms with E-state index in [1.807, 2.05) is 0 Å². The molecule has 0 saturated carbocycles. The first kappa shape index (κ1) is 25.7. The number of hydrogen-bond acceptors (Lipinski definition) is 7. The lowest BCUT2D eigenvalue weighted by Gasteiger charge is -2.28. The zero-order chi connectivity index (χ0) is 23.7. The summed E-state index contributed by atoms with van der Waals surface area (Å²) in [7, 11) is -3.84. The maximum absolute atomic E-state index is 12.5. The average molecular weight is 476 g/mol. The molecule has 1 unspecified atom stereocenters. The Labute approximate surface area is 185 Å². The van der Waals surface area contributed by atoms with E-state index >= 15 is 0 Å². The van der Waals surface area contributed by atoms with Gasteiger partial charge in [-0.25, -0.2) is 8.42 Å². The summed E-state index contributed by atoms with van der Waals surface area (Å²) in [5.41, 5.74) is 0.0523. The Morgan fingerprint density at radius 2 is 1.84 bits per heavy atom. The van der Waals surface area contributed by atoms with Crippen molar-refractivity contribution < 1.29 is 36.3 Å². The van der Waals surface area contributed by atoms with Crippen molar-refractivity contribution in [1.82, 2.24) is 15.5 Å². The number of rotatable bonds is 11. The van der Waals surface area contributed by atoms with E-state index in [1.165, 1.54) is 29.2 Å². The molecule has 178 valence electrons. The van der Waals surface area contributed by atoms with Crippen molar-refractivity contribution in [3.05, 3.63) is 29.8 Å². The Bertz CT molecular complexity index is 920. The van der Waals surface area contributed by atoms with Crippen LogP contribution in [0.5, 0.6) is 5.75 Å². The fourth-order valence-corrected chi connectivity index (χ4v) is 4.54. The van der Waals surface area contributed by atoms with Crippen molar-refractivity contribution in [1.29, 1.82) is 0 Å². The Kier molecular flexibility index (Phi) is 9.51. The van der Waals surface area contributed by atoms with Crippen molar-refractivity contribution in [2.24, 2.45) is 0 Å². The molecule has 0 bridgehead atoms. The van der Waals surface area contributed by atoms with Gasteiger partial charge in [-0.15, -0.1) is 0 Å². The summed E-state index contributed by atoms with van der Waals surface area (Å²) < 4.78 is 54.1. The minimum atomic E-state index is -3.84. The summed E-state index contributed by atoms with van der Waals surface area (Å²) in [6, 6.07) is 4.46. The number of hydrogen-bond donors (Lipinski definition) is 2. The number of carbonyl (C=O) groups excluding carboxylic acids is 3. The van der Waals surface area contributed by atoms with E-state index in [0.29, 0.717) is 26.2 Å². The quantitative estimate of drug-likeness (QED) is 0.447. The predicted octanol–water partition coefficient (Wildman–Crippen LogP) is 0.489. The van der Waals surface area contributed by atoms with Crippen molar-refractivity contribution in [2.75, 3.05) is 31.9 Å². The lowest BCUT2D eigenvalue weighted by molar-refractivity contribution is -0.146. The maximum Gasteiger partial charge on any atom is 0.387 e. The van der Waals surface area contributed by atoms with Gasteiger partial charge in [0.1, 0.15) is 5.75 Å². The molecule has 1 aromatic carbocycles. The zero-order valence-corrected chi connectivity index (χ0v) is 18.5. The van der Waals surface area contributed by atoms with Crippen LogP contribution >= 0.6 is 0 Å². The average Bonchev–Trinajstić information content (AvgIpc) is 2.76. The molecule has 9 nitrogen and oxygen atoms in total. The van der Waals surface area contributed by atoms with Gasteiger partial charge in [0.2, 0.25) is 11.7 Å². The summed E-state index contributed by atoms with van der Waals surface area (Å²) in [6.45, 7) is 0.465. The van der Waals surface area contributed by atoms with Crippen molar-refractivity contribution in [3.63, 3.8) is 0 Å². The second kappa shape index (κ2) is 11.9. The Hall–Kier alpha value is -2.60. The van der Waals surface area contributed by atoms with Crippen LogP contribution in [0, 0.1) is 0 Å². The van der Waals surface area contributed by atoms with Gasteiger partial charge in [-0.05, 0) is 12.5 Å². The van der Waals surface area contributed by atoms with Gasteiger partial charge in [-0.2, -0.15) is 8.78 Å². The van der Waals surface area contributed by atoms with E-state index in [9.17, 15) is 31.6 Å². The van der Waals surface area contributed by atoms with Crippen LogP contribution in [0.4, 0.5) is 8.78 Å². The van der Waals surface area contributed by atoms with Crippen LogP contribution in [0.15, 0.2) is 24.3 Å². The third-order valence-electron chi connectivity index (χ3n) is 4.88. The normalized spacial score (nSPS) is 15.3. The molecule has 1 aliphatic heterocycles. The van der Waals surface area contributed by atoms with E-state index in [0.717, 1.165) is 0 Å². The fraction of sp³-hybridized carbons (Fsp3) is 0.550. The first-order valence-corrected chi connectivity index (χ1v) is 12.0. The lowest BCUT2D eigenvalue weighted by Crippen LogP contribution is -2.53. The number of carbonyl (C=O) groups is 3. The van der Waals surface area contributed by atoms with Gasteiger partial charge < -0.3 is 20.3 Å². The van der Waals surface area contributed by atoms with E-state index in [1.54, 1.807) is 6.92 Å². The smallest absolute Gasteiger partial charge is 0.387 e. The standard InChI is InChI=1S/C20H27F2N3O6S/c1-2-15(18(27)19(28)25-10-8-23-9-11-25)24-17(26)7-12-32(29,30)13-14-5-3-4-6-16(14)31-20(21)22/h3-6,15,20,23H,2,7-13H2,1H3,(H,24,26). The molecule has 12 heteroatoms. The molecule has 0 spiro atoms. The molecule has 0 aliphatic carbocycles. The number of sulfone groups is 1. The first-order valence-electron chi connectivity index (χ1n) is 10.2. The van der Waals surface area contributed by atoms with Crippen molar-refractivity contribution >= 4 is 27.4 Å². The highest BCUT2D eigenvalue weighted by molar-refractivity contribution is 7.90. The number of alkyl halides is 2. The van der Waals surface area contributed by atoms with Crippen molar-refractivity contribution in [3.8, 4) is 5.75 Å². The number of halogens is 2. The monoisotopic (exact) mass is 475 g/mol. The predicted molar refractivity (Wildman–Crippen MR) is 112 cm³/mol. The Balaban J connectivity index is 1.91. The highest BCUT2D eigenvalue weighted by Crippen LogP contribution is 2.22. The van der Waals surface area contributed by atoms with Gasteiger partial charge in [0.05, 0.1) is 17.5 Å². The Morgan fingerprint density at radius 3 is 2.47 bits per heavy atom. The second-order valence-electron chi connectivity index (χ2n) is 7.26. The van der Waals surface area contributed by atoms with Crippen LogP contribution in [0.25, 0.3) is 0 Å². The minimum absolute atomic E-state index is 0.0523. The summed E-state index contributed by atoms with van der Waals surface area (Å²) in [6.07, 6.45) is -0.265. The molecular weight excluding hydrogens is 448 g/mol. The van der Waals surface area contributed by atoms with Crippen molar-refractivity contribution in [2.45, 2.75) is 38.2 Å². The largest absolute Gasteiger partial charge is 0.435 e. The summed E-state index contributed by atoms with van der Waals surface area (Å²) in [5, 5.41) is 5.49. The highest BCUT2D eigenvalue weighted by Gasteiger charge is 2.30. The number of piperazine rings is 1. The SMILES string of the molecule is CCC(NC(=O)CCS(=O)(=O)Cc1ccccc1OC(F)F)C(=O)C(=O)N1CCNCC1. The third-order valence-corrected chi connectivity index (χ3v) is 6.46. The number of ether oxygens (including phenoxy) is 1. The lowest BCUT2D eigenvalue weighted by atomic mass is 10.1. The van der Waals surface area contributed by atoms with Gasteiger partial charge in [0.25, 0.3) is 5.91 Å². The molecular formula is C20H27F2N3O6S. The van der Waals surface area contributed by atoms with Crippen LogP contribution in [0.2, 0.25) is 0 Å². The summed E-state index contributed by atoms with van der Waals surface area (Å²) in [5.74, 6) is -3.51. The summed E-state index contributed by atoms with van der Waals surface area (Å²) in [4.78, 5) is 38.5. The molecule has 1 heterocycles. The molecule has 1 atom stereocenters. The van der Waals surface area contributed by atoms with Crippen LogP contribution in [0.1, 0.15) is 25.3 Å². The molecule has 2 N–H and O–H groups in total. The maximum atomic E-state index is 12.5. The third kappa shape index (κ3) is 7.83. The Morgan fingerprint density at radius 1 is 1.19 bits per heavy atom. The van der Waals surface area contributed by atoms with Gasteiger partial charge in [0, 0.05) is 38.2 Å². The van der Waals surface area contributed by atoms with Gasteiger partial charge in [-0.1, -0.05) is 25.1 Å². The van der Waals surface area contributed by atoms with Crippen LogP contribution in [-0.2, 0) is 30.0 Å². The van der Waals surface area contributed by atoms with E-state index in [4.69, 9.17) is 0 Å². The number of ketones is 1. The molecule has 32 heavy (non-hydrogen) atoms. The number of nitrogens with one attached hydrogen (secondary N) is 2. The van der Waals surface area contributed by atoms with Crippen LogP contribution < -0.4 is 15.4 Å². The molecule has 1 fully saturated rings. The van der Waals surface area contributed by atoms with E-state index in [-0.39, 0.29) is 17.7 Å². The number of para-hydroxylation sites is 1. The molecule has 1 aliphatic rings. The topological polar surface area (TPSA) is 122 Å². The molecule has 1 saturated heterocycles. The van der Waals surface area contributed by atoms with E-state index < -0.39 is 58.0 Å². The fourth-order valence-electron chi connectivity index (χ4n) is 3.18. The molecule has 0 aromatic heterocycles. The molecule has 1 aromatic rings. The van der Waals surface area contributed by atoms with Crippen LogP contribution in [-0.4, -0.2) is 75.5 Å². The second-order valence-corrected chi connectivity index (χ2v) is 9.45. The molecule has 2 amide bonds. The summed E-state index contributed by atoms with van der Waals surface area (Å²) >= 11 is 0. The molecule has 0 radical (unpaired) electrons. The van der Waals surface area contributed by atoms with Crippen LogP contribution in [0.3, 0.4) is 0 Å². The zero-order valence-electron chi connectivity index (χ0n) is 17.7. The van der Waals surface area contributed by atoms with Gasteiger partial charge >= 0.3 is 6.61 Å². The van der Waals surface area contributed by atoms with E-state index in [2.05, 4.69) is 15.4 Å². The number of amides is 2. The molecule has 2 rings (SSSR count). The number of nitrogens with zero attached hydrogens (tertiary/aromatic N) is 1. The van der Waals surface area contributed by atoms with Gasteiger partial charge in [-0.3, -0.25) is 14.4 Å². The minimum Gasteiger partial charge on any atom is -0.435 e. The first-order chi connectivity index (χ1) is 15.1. The number of Topliss-reactive ketones (excluding diaryl/α,β-unsaturated/α-hetero) is 1. The van der Waals surface area contributed by atoms with Gasteiger partial charge in [0.15, 0.2) is 9.84 Å². The number of benzene rings is 1.